The van der Waals surface area contributed by atoms with Crippen LogP contribution in [0.3, 0.4) is 0 Å². The standard InChI is InChI=1S/C13H17NO2/c1-11-5-6-13(16-9-8-15-2)12(10-11)4-3-7-14/h5-6,10H,7-9,14H2,1-2H3. The van der Waals surface area contributed by atoms with Crippen LogP contribution in [0.1, 0.15) is 11.1 Å². The Hall–Kier alpha value is -1.50. The minimum Gasteiger partial charge on any atom is -0.490 e. The highest BCUT2D eigenvalue weighted by Gasteiger charge is 2.01. The van der Waals surface area contributed by atoms with Crippen LogP contribution >= 0.6 is 0 Å². The van der Waals surface area contributed by atoms with Crippen molar-refractivity contribution < 1.29 is 9.47 Å². The minimum atomic E-state index is 0.353. The summed E-state index contributed by atoms with van der Waals surface area (Å²) in [5.74, 6) is 6.61. The number of nitrogens with two attached hydrogens (primary N) is 1. The van der Waals surface area contributed by atoms with Gasteiger partial charge in [0.15, 0.2) is 0 Å². The van der Waals surface area contributed by atoms with Crippen LogP contribution < -0.4 is 10.5 Å². The number of ether oxygens (including phenoxy) is 2. The van der Waals surface area contributed by atoms with Crippen molar-refractivity contribution in [2.24, 2.45) is 5.73 Å². The lowest BCUT2D eigenvalue weighted by Crippen LogP contribution is -2.05. The Morgan fingerprint density at radius 1 is 1.31 bits per heavy atom. The minimum absolute atomic E-state index is 0.353. The molecule has 0 heterocycles. The van der Waals surface area contributed by atoms with Crippen LogP contribution in [0.2, 0.25) is 0 Å². The van der Waals surface area contributed by atoms with Gasteiger partial charge in [-0.2, -0.15) is 0 Å². The van der Waals surface area contributed by atoms with Crippen LogP contribution in [0, 0.1) is 18.8 Å². The molecule has 86 valence electrons. The third-order valence-corrected chi connectivity index (χ3v) is 2.01. The highest BCUT2D eigenvalue weighted by Crippen LogP contribution is 2.18. The van der Waals surface area contributed by atoms with E-state index in [0.717, 1.165) is 16.9 Å². The van der Waals surface area contributed by atoms with E-state index in [2.05, 4.69) is 11.8 Å². The summed E-state index contributed by atoms with van der Waals surface area (Å²) in [5, 5.41) is 0. The molecule has 0 spiro atoms. The van der Waals surface area contributed by atoms with Crippen molar-refractivity contribution in [3.05, 3.63) is 29.3 Å². The zero-order chi connectivity index (χ0) is 11.8. The summed E-state index contributed by atoms with van der Waals surface area (Å²) in [6, 6.07) is 5.91. The number of methoxy groups -OCH3 is 1. The molecule has 3 heteroatoms. The van der Waals surface area contributed by atoms with E-state index >= 15 is 0 Å². The first kappa shape index (κ1) is 12.6. The molecule has 0 radical (unpaired) electrons. The maximum Gasteiger partial charge on any atom is 0.135 e. The lowest BCUT2D eigenvalue weighted by molar-refractivity contribution is 0.146. The maximum absolute atomic E-state index is 5.56. The van der Waals surface area contributed by atoms with Crippen LogP contribution in [-0.2, 0) is 4.74 Å². The highest BCUT2D eigenvalue weighted by atomic mass is 16.5. The van der Waals surface area contributed by atoms with Gasteiger partial charge in [-0.15, -0.1) is 0 Å². The Morgan fingerprint density at radius 3 is 2.81 bits per heavy atom. The van der Waals surface area contributed by atoms with Gasteiger partial charge in [0.2, 0.25) is 0 Å². The van der Waals surface area contributed by atoms with Gasteiger partial charge in [-0.3, -0.25) is 0 Å². The molecule has 1 aromatic carbocycles. The molecule has 1 aromatic rings. The number of rotatable bonds is 4. The average molecular weight is 219 g/mol. The summed E-state index contributed by atoms with van der Waals surface area (Å²) in [5.41, 5.74) is 7.38. The van der Waals surface area contributed by atoms with Crippen molar-refractivity contribution in [1.29, 1.82) is 0 Å². The Labute approximate surface area is 96.6 Å². The average Bonchev–Trinajstić information content (AvgIpc) is 2.29. The molecule has 0 fully saturated rings. The molecular formula is C13H17NO2. The molecule has 1 rings (SSSR count). The molecular weight excluding hydrogens is 202 g/mol. The van der Waals surface area contributed by atoms with Gasteiger partial charge in [-0.25, -0.2) is 0 Å². The smallest absolute Gasteiger partial charge is 0.135 e. The SMILES string of the molecule is COCCOc1ccc(C)cc1C#CCN. The molecule has 0 amide bonds. The number of benzene rings is 1. The number of hydrogen-bond donors (Lipinski definition) is 1. The van der Waals surface area contributed by atoms with Crippen molar-refractivity contribution >= 4 is 0 Å². The maximum atomic E-state index is 5.56. The van der Waals surface area contributed by atoms with Crippen molar-refractivity contribution in [1.82, 2.24) is 0 Å². The summed E-state index contributed by atoms with van der Waals surface area (Å²) < 4.78 is 10.5. The first-order valence-electron chi connectivity index (χ1n) is 5.19. The van der Waals surface area contributed by atoms with Crippen LogP contribution in [0.25, 0.3) is 0 Å². The predicted octanol–water partition coefficient (Wildman–Crippen LogP) is 1.33. The van der Waals surface area contributed by atoms with E-state index in [1.54, 1.807) is 7.11 Å². The summed E-state index contributed by atoms with van der Waals surface area (Å²) in [6.45, 7) is 3.46. The largest absolute Gasteiger partial charge is 0.490 e. The lowest BCUT2D eigenvalue weighted by Gasteiger charge is -2.08. The number of aryl methyl sites for hydroxylation is 1. The molecule has 0 bridgehead atoms. The summed E-state index contributed by atoms with van der Waals surface area (Å²) in [4.78, 5) is 0. The molecule has 16 heavy (non-hydrogen) atoms. The molecule has 0 aliphatic rings. The van der Waals surface area contributed by atoms with E-state index in [1.165, 1.54) is 0 Å². The van der Waals surface area contributed by atoms with Gasteiger partial charge in [0.25, 0.3) is 0 Å². The second kappa shape index (κ2) is 6.89. The molecule has 0 saturated carbocycles. The normalized spacial score (nSPS) is 9.44. The fourth-order valence-corrected chi connectivity index (χ4v) is 1.25. The molecule has 0 atom stereocenters. The zero-order valence-corrected chi connectivity index (χ0v) is 9.75. The van der Waals surface area contributed by atoms with E-state index in [0.29, 0.717) is 19.8 Å². The van der Waals surface area contributed by atoms with Gasteiger partial charge in [0.1, 0.15) is 12.4 Å². The topological polar surface area (TPSA) is 44.5 Å². The zero-order valence-electron chi connectivity index (χ0n) is 9.75. The Bertz CT molecular complexity index is 391. The van der Waals surface area contributed by atoms with Crippen LogP contribution in [-0.4, -0.2) is 26.9 Å². The second-order valence-corrected chi connectivity index (χ2v) is 3.35. The van der Waals surface area contributed by atoms with Crippen molar-refractivity contribution in [2.45, 2.75) is 6.92 Å². The molecule has 0 saturated heterocycles. The van der Waals surface area contributed by atoms with Crippen molar-refractivity contribution in [3.63, 3.8) is 0 Å². The van der Waals surface area contributed by atoms with Gasteiger partial charge < -0.3 is 15.2 Å². The van der Waals surface area contributed by atoms with E-state index in [1.807, 2.05) is 25.1 Å². The third-order valence-electron chi connectivity index (χ3n) is 2.01. The quantitative estimate of drug-likeness (QED) is 0.613. The first-order valence-corrected chi connectivity index (χ1v) is 5.19. The lowest BCUT2D eigenvalue weighted by atomic mass is 10.1. The van der Waals surface area contributed by atoms with E-state index in [4.69, 9.17) is 15.2 Å². The van der Waals surface area contributed by atoms with Crippen LogP contribution in [0.4, 0.5) is 0 Å². The monoisotopic (exact) mass is 219 g/mol. The fraction of sp³-hybridized carbons (Fsp3) is 0.385. The summed E-state index contributed by atoms with van der Waals surface area (Å²) >= 11 is 0. The Morgan fingerprint density at radius 2 is 2.12 bits per heavy atom. The van der Waals surface area contributed by atoms with Gasteiger partial charge >= 0.3 is 0 Å². The van der Waals surface area contributed by atoms with E-state index in [-0.39, 0.29) is 0 Å². The summed E-state index contributed by atoms with van der Waals surface area (Å²) in [7, 11) is 1.65. The molecule has 3 nitrogen and oxygen atoms in total. The number of hydrogen-bond acceptors (Lipinski definition) is 3. The van der Waals surface area contributed by atoms with Crippen molar-refractivity contribution in [2.75, 3.05) is 26.9 Å². The van der Waals surface area contributed by atoms with Gasteiger partial charge in [0, 0.05) is 7.11 Å². The molecule has 0 unspecified atom stereocenters. The Kier molecular flexibility index (Phi) is 5.41. The van der Waals surface area contributed by atoms with Gasteiger partial charge in [0.05, 0.1) is 18.7 Å². The molecule has 0 aliphatic carbocycles. The highest BCUT2D eigenvalue weighted by molar-refractivity contribution is 5.48. The summed E-state index contributed by atoms with van der Waals surface area (Å²) in [6.07, 6.45) is 0. The second-order valence-electron chi connectivity index (χ2n) is 3.35. The van der Waals surface area contributed by atoms with Crippen LogP contribution in [0.5, 0.6) is 5.75 Å². The van der Waals surface area contributed by atoms with Gasteiger partial charge in [-0.1, -0.05) is 17.9 Å². The Balaban J connectivity index is 2.80. The van der Waals surface area contributed by atoms with Crippen LogP contribution in [0.15, 0.2) is 18.2 Å². The van der Waals surface area contributed by atoms with Gasteiger partial charge in [-0.05, 0) is 24.6 Å². The van der Waals surface area contributed by atoms with Crippen molar-refractivity contribution in [3.8, 4) is 17.6 Å². The van der Waals surface area contributed by atoms with E-state index in [9.17, 15) is 0 Å². The first-order chi connectivity index (χ1) is 7.77. The van der Waals surface area contributed by atoms with E-state index < -0.39 is 0 Å². The molecule has 0 aromatic heterocycles. The molecule has 2 N–H and O–H groups in total. The fourth-order valence-electron chi connectivity index (χ4n) is 1.25. The molecule has 0 aliphatic heterocycles. The predicted molar refractivity (Wildman–Crippen MR) is 64.5 cm³/mol. The third kappa shape index (κ3) is 3.93.